The van der Waals surface area contributed by atoms with Gasteiger partial charge in [-0.25, -0.2) is 18.4 Å². The first-order valence-corrected chi connectivity index (χ1v) is 13.6. The molecule has 0 spiro atoms. The molecular weight excluding hydrogens is 550 g/mol. The highest BCUT2D eigenvalue weighted by Gasteiger charge is 2.25. The molecule has 8 N–H and O–H groups in total. The van der Waals surface area contributed by atoms with Crippen LogP contribution in [0, 0.1) is 23.5 Å². The van der Waals surface area contributed by atoms with E-state index in [0.717, 1.165) is 0 Å². The van der Waals surface area contributed by atoms with E-state index in [1.807, 2.05) is 27.7 Å². The summed E-state index contributed by atoms with van der Waals surface area (Å²) >= 11 is 0. The van der Waals surface area contributed by atoms with Crippen molar-refractivity contribution in [1.82, 2.24) is 10.6 Å². The molecule has 4 atom stereocenters. The molecule has 2 aromatic rings. The molecule has 0 saturated carbocycles. The number of aliphatic carboxylic acids is 2. The van der Waals surface area contributed by atoms with E-state index in [1.165, 1.54) is 36.4 Å². The number of halogens is 2. The Balaban J connectivity index is 0.000000420. The van der Waals surface area contributed by atoms with Gasteiger partial charge in [0.05, 0.1) is 12.1 Å². The van der Waals surface area contributed by atoms with E-state index in [2.05, 4.69) is 10.6 Å². The molecule has 0 aliphatic heterocycles. The van der Waals surface area contributed by atoms with Crippen molar-refractivity contribution < 1.29 is 38.2 Å². The summed E-state index contributed by atoms with van der Waals surface area (Å²) in [6.45, 7) is 7.70. The summed E-state index contributed by atoms with van der Waals surface area (Å²) in [7, 11) is 0. The minimum Gasteiger partial charge on any atom is -0.480 e. The van der Waals surface area contributed by atoms with Crippen molar-refractivity contribution in [2.24, 2.45) is 23.3 Å². The van der Waals surface area contributed by atoms with Gasteiger partial charge in [0.15, 0.2) is 0 Å². The van der Waals surface area contributed by atoms with E-state index in [-0.39, 0.29) is 24.7 Å². The summed E-state index contributed by atoms with van der Waals surface area (Å²) < 4.78 is 26.2. The van der Waals surface area contributed by atoms with Crippen molar-refractivity contribution in [2.45, 2.75) is 77.5 Å². The molecule has 0 aliphatic carbocycles. The third kappa shape index (κ3) is 14.1. The summed E-state index contributed by atoms with van der Waals surface area (Å²) in [5.41, 5.74) is 12.4. The average Bonchev–Trinajstić information content (AvgIpc) is 2.87. The molecule has 42 heavy (non-hydrogen) atoms. The van der Waals surface area contributed by atoms with Crippen LogP contribution in [0.3, 0.4) is 0 Å². The van der Waals surface area contributed by atoms with Crippen molar-refractivity contribution in [1.29, 1.82) is 0 Å². The number of hydrogen-bond acceptors (Lipinski definition) is 6. The van der Waals surface area contributed by atoms with Gasteiger partial charge in [-0.15, -0.1) is 0 Å². The number of carboxylic acid groups (broad SMARTS) is 2. The third-order valence-electron chi connectivity index (χ3n) is 6.01. The topological polar surface area (TPSA) is 185 Å². The predicted molar refractivity (Wildman–Crippen MR) is 154 cm³/mol. The van der Waals surface area contributed by atoms with Crippen LogP contribution in [0.4, 0.5) is 8.78 Å². The highest BCUT2D eigenvalue weighted by atomic mass is 19.1. The van der Waals surface area contributed by atoms with Gasteiger partial charge in [-0.1, -0.05) is 52.0 Å². The smallest absolute Gasteiger partial charge is 0.326 e. The Morgan fingerprint density at radius 3 is 1.29 bits per heavy atom. The normalized spacial score (nSPS) is 13.8. The van der Waals surface area contributed by atoms with Crippen LogP contribution >= 0.6 is 0 Å². The molecule has 0 heterocycles. The second-order valence-corrected chi connectivity index (χ2v) is 10.9. The van der Waals surface area contributed by atoms with Crippen LogP contribution in [-0.4, -0.2) is 58.1 Å². The minimum absolute atomic E-state index is 0.00717. The summed E-state index contributed by atoms with van der Waals surface area (Å²) in [6, 6.07) is 7.50. The minimum atomic E-state index is -1.18. The van der Waals surface area contributed by atoms with Crippen molar-refractivity contribution in [3.63, 3.8) is 0 Å². The summed E-state index contributed by atoms with van der Waals surface area (Å²) in [5, 5.41) is 23.1. The largest absolute Gasteiger partial charge is 0.480 e. The standard InChI is InChI=1S/2C15H21FN2O3/c2*1-9(2)6-12(17)14(19)18-13(15(20)21)8-10-4-3-5-11(16)7-10/h2*3-5,7,9,12-13H,6,8,17H2,1-2H3,(H,18,19)(H,20,21)/t12-,13+;12-,13-/m00/s1. The average molecular weight is 593 g/mol. The Hall–Kier alpha value is -3.90. The fourth-order valence-corrected chi connectivity index (χ4v) is 3.99. The number of carbonyl (C=O) groups is 4. The molecule has 12 heteroatoms. The molecule has 10 nitrogen and oxygen atoms in total. The number of amides is 2. The van der Waals surface area contributed by atoms with Gasteiger partial charge in [0.25, 0.3) is 0 Å². The maximum absolute atomic E-state index is 13.1. The van der Waals surface area contributed by atoms with Crippen molar-refractivity contribution >= 4 is 23.8 Å². The predicted octanol–water partition coefficient (Wildman–Crippen LogP) is 2.62. The summed E-state index contributed by atoms with van der Waals surface area (Å²) in [5.74, 6) is -3.79. The molecule has 2 amide bonds. The molecule has 0 aliphatic rings. The third-order valence-corrected chi connectivity index (χ3v) is 6.01. The number of rotatable bonds is 14. The number of nitrogens with one attached hydrogen (secondary N) is 2. The van der Waals surface area contributed by atoms with E-state index in [9.17, 15) is 28.0 Å². The fraction of sp³-hybridized carbons (Fsp3) is 0.467. The number of nitrogens with two attached hydrogens (primary N) is 2. The van der Waals surface area contributed by atoms with Crippen LogP contribution in [0.5, 0.6) is 0 Å². The molecule has 232 valence electrons. The van der Waals surface area contributed by atoms with Gasteiger partial charge >= 0.3 is 11.9 Å². The highest BCUT2D eigenvalue weighted by molar-refractivity contribution is 5.87. The second kappa shape index (κ2) is 17.8. The van der Waals surface area contributed by atoms with Gasteiger partial charge in [0.1, 0.15) is 23.7 Å². The van der Waals surface area contributed by atoms with Crippen molar-refractivity contribution in [2.75, 3.05) is 0 Å². The van der Waals surface area contributed by atoms with E-state index in [4.69, 9.17) is 21.7 Å². The Kier molecular flexibility index (Phi) is 15.3. The van der Waals surface area contributed by atoms with Crippen molar-refractivity contribution in [3.8, 4) is 0 Å². The Labute approximate surface area is 244 Å². The monoisotopic (exact) mass is 592 g/mol. The lowest BCUT2D eigenvalue weighted by molar-refractivity contribution is -0.142. The Bertz CT molecular complexity index is 1100. The number of benzene rings is 2. The second-order valence-electron chi connectivity index (χ2n) is 10.9. The fourth-order valence-electron chi connectivity index (χ4n) is 3.99. The van der Waals surface area contributed by atoms with E-state index in [1.54, 1.807) is 12.1 Å². The lowest BCUT2D eigenvalue weighted by Crippen LogP contribution is -2.49. The molecule has 0 radical (unpaired) electrons. The first-order chi connectivity index (χ1) is 19.6. The van der Waals surface area contributed by atoms with Crippen molar-refractivity contribution in [3.05, 3.63) is 71.3 Å². The quantitative estimate of drug-likeness (QED) is 0.193. The SMILES string of the molecule is CC(C)C[C@H](N)C(=O)N[C@@H](Cc1cccc(F)c1)C(=O)O.CC(C)C[C@H](N)C(=O)N[C@H](Cc1cccc(F)c1)C(=O)O. The number of carboxylic acids is 2. The van der Waals surface area contributed by atoms with Crippen LogP contribution in [-0.2, 0) is 32.0 Å². The maximum Gasteiger partial charge on any atom is 0.326 e. The van der Waals surface area contributed by atoms with E-state index in [0.29, 0.717) is 24.0 Å². The van der Waals surface area contributed by atoms with Crippen LogP contribution in [0.15, 0.2) is 48.5 Å². The van der Waals surface area contributed by atoms with E-state index < -0.39 is 59.6 Å². The van der Waals surface area contributed by atoms with Gasteiger partial charge in [-0.2, -0.15) is 0 Å². The van der Waals surface area contributed by atoms with E-state index >= 15 is 0 Å². The Morgan fingerprint density at radius 2 is 1.02 bits per heavy atom. The van der Waals surface area contributed by atoms with Gasteiger partial charge in [0, 0.05) is 12.8 Å². The summed E-state index contributed by atoms with van der Waals surface area (Å²) in [6.07, 6.45) is 0.955. The number of carbonyl (C=O) groups excluding carboxylic acids is 2. The van der Waals surface area contributed by atoms with Crippen LogP contribution < -0.4 is 22.1 Å². The zero-order chi connectivity index (χ0) is 32.0. The zero-order valence-electron chi connectivity index (χ0n) is 24.3. The van der Waals surface area contributed by atoms with Gasteiger partial charge in [0.2, 0.25) is 11.8 Å². The first-order valence-electron chi connectivity index (χ1n) is 13.6. The molecular formula is C30H42F2N4O6. The first kappa shape index (κ1) is 36.1. The van der Waals surface area contributed by atoms with Crippen LogP contribution in [0.2, 0.25) is 0 Å². The molecule has 0 aromatic heterocycles. The molecule has 0 bridgehead atoms. The van der Waals surface area contributed by atoms with Crippen LogP contribution in [0.1, 0.15) is 51.7 Å². The number of hydrogen-bond donors (Lipinski definition) is 6. The van der Waals surface area contributed by atoms with Gasteiger partial charge < -0.3 is 32.3 Å². The lowest BCUT2D eigenvalue weighted by Gasteiger charge is -2.19. The van der Waals surface area contributed by atoms with Gasteiger partial charge in [-0.05, 0) is 60.1 Å². The Morgan fingerprint density at radius 1 is 0.690 bits per heavy atom. The maximum atomic E-state index is 13.1. The molecule has 0 saturated heterocycles. The van der Waals surface area contributed by atoms with Crippen LogP contribution in [0.25, 0.3) is 0 Å². The zero-order valence-corrected chi connectivity index (χ0v) is 24.3. The molecule has 0 fully saturated rings. The lowest BCUT2D eigenvalue weighted by atomic mass is 10.0. The summed E-state index contributed by atoms with van der Waals surface area (Å²) in [4.78, 5) is 46.2. The molecule has 2 aromatic carbocycles. The highest BCUT2D eigenvalue weighted by Crippen LogP contribution is 2.10. The molecule has 2 rings (SSSR count). The molecule has 0 unspecified atom stereocenters. The van der Waals surface area contributed by atoms with Gasteiger partial charge in [-0.3, -0.25) is 9.59 Å².